The predicted molar refractivity (Wildman–Crippen MR) is 59.2 cm³/mol. The zero-order valence-corrected chi connectivity index (χ0v) is 9.70. The average molecular weight is 200 g/mol. The number of hydrogen-bond donors (Lipinski definition) is 1. The number of nitrogens with zero attached hydrogens (tertiary/aromatic N) is 1. The van der Waals surface area contributed by atoms with Gasteiger partial charge in [0, 0.05) is 32.3 Å². The molecule has 0 aliphatic carbocycles. The first-order valence-electron chi connectivity index (χ1n) is 5.65. The Morgan fingerprint density at radius 1 is 1.43 bits per heavy atom. The smallest absolute Gasteiger partial charge is 0.0593 e. The van der Waals surface area contributed by atoms with Gasteiger partial charge in [-0.15, -0.1) is 0 Å². The van der Waals surface area contributed by atoms with Gasteiger partial charge < -0.3 is 10.5 Å². The Bertz CT molecular complexity index is 151. The quantitative estimate of drug-likeness (QED) is 0.671. The summed E-state index contributed by atoms with van der Waals surface area (Å²) in [6.07, 6.45) is 0. The molecule has 2 atom stereocenters. The minimum absolute atomic E-state index is 0.361. The van der Waals surface area contributed by atoms with Gasteiger partial charge in [0.25, 0.3) is 0 Å². The molecule has 1 heterocycles. The van der Waals surface area contributed by atoms with E-state index in [0.29, 0.717) is 17.9 Å². The number of ether oxygens (including phenoxy) is 1. The fourth-order valence-corrected chi connectivity index (χ4v) is 1.79. The number of hydrogen-bond acceptors (Lipinski definition) is 3. The van der Waals surface area contributed by atoms with Gasteiger partial charge in [-0.3, -0.25) is 4.90 Å². The summed E-state index contributed by atoms with van der Waals surface area (Å²) in [7, 11) is 0. The van der Waals surface area contributed by atoms with Crippen molar-refractivity contribution in [1.82, 2.24) is 4.90 Å². The Labute approximate surface area is 87.6 Å². The maximum Gasteiger partial charge on any atom is 0.0593 e. The zero-order chi connectivity index (χ0) is 10.6. The lowest BCUT2D eigenvalue weighted by atomic mass is 10.1. The van der Waals surface area contributed by atoms with Gasteiger partial charge in [0.2, 0.25) is 0 Å². The molecule has 0 saturated carbocycles. The van der Waals surface area contributed by atoms with Crippen molar-refractivity contribution in [2.75, 3.05) is 32.8 Å². The molecule has 0 amide bonds. The standard InChI is InChI=1S/C11H24N2O/c1-9(2)8-14-5-4-13-6-10(3)11(12)7-13/h9-11H,4-8,12H2,1-3H3. The van der Waals surface area contributed by atoms with Crippen molar-refractivity contribution in [2.24, 2.45) is 17.6 Å². The van der Waals surface area contributed by atoms with Gasteiger partial charge in [-0.2, -0.15) is 0 Å². The van der Waals surface area contributed by atoms with Crippen LogP contribution in [-0.4, -0.2) is 43.8 Å². The van der Waals surface area contributed by atoms with Crippen LogP contribution in [0.25, 0.3) is 0 Å². The highest BCUT2D eigenvalue weighted by atomic mass is 16.5. The first-order valence-corrected chi connectivity index (χ1v) is 5.65. The first-order chi connectivity index (χ1) is 6.59. The normalized spacial score (nSPS) is 28.9. The van der Waals surface area contributed by atoms with E-state index < -0.39 is 0 Å². The Kier molecular flexibility index (Phi) is 4.85. The van der Waals surface area contributed by atoms with Gasteiger partial charge in [-0.05, 0) is 11.8 Å². The molecule has 14 heavy (non-hydrogen) atoms. The van der Waals surface area contributed by atoms with Gasteiger partial charge >= 0.3 is 0 Å². The van der Waals surface area contributed by atoms with Crippen molar-refractivity contribution in [2.45, 2.75) is 26.8 Å². The summed E-state index contributed by atoms with van der Waals surface area (Å²) in [6.45, 7) is 11.5. The molecular formula is C11H24N2O. The Balaban J connectivity index is 2.03. The summed E-state index contributed by atoms with van der Waals surface area (Å²) < 4.78 is 5.54. The number of rotatable bonds is 5. The van der Waals surface area contributed by atoms with Crippen LogP contribution in [-0.2, 0) is 4.74 Å². The maximum absolute atomic E-state index is 5.94. The summed E-state index contributed by atoms with van der Waals surface area (Å²) >= 11 is 0. The van der Waals surface area contributed by atoms with Crippen LogP contribution in [0.5, 0.6) is 0 Å². The molecule has 2 N–H and O–H groups in total. The lowest BCUT2D eigenvalue weighted by molar-refractivity contribution is 0.0903. The van der Waals surface area contributed by atoms with Crippen LogP contribution in [0.4, 0.5) is 0 Å². The van der Waals surface area contributed by atoms with Crippen LogP contribution >= 0.6 is 0 Å². The van der Waals surface area contributed by atoms with Gasteiger partial charge in [0.1, 0.15) is 0 Å². The van der Waals surface area contributed by atoms with Crippen LogP contribution in [0.1, 0.15) is 20.8 Å². The summed E-state index contributed by atoms with van der Waals surface area (Å²) in [5.74, 6) is 1.27. The second kappa shape index (κ2) is 5.69. The lowest BCUT2D eigenvalue weighted by Crippen LogP contribution is -2.30. The zero-order valence-electron chi connectivity index (χ0n) is 9.70. The molecule has 3 heteroatoms. The van der Waals surface area contributed by atoms with E-state index in [4.69, 9.17) is 10.5 Å². The van der Waals surface area contributed by atoms with Crippen LogP contribution in [0.15, 0.2) is 0 Å². The van der Waals surface area contributed by atoms with Gasteiger partial charge in [0.15, 0.2) is 0 Å². The SMILES string of the molecule is CC(C)COCCN1CC(C)C(N)C1. The molecule has 1 aliphatic heterocycles. The molecule has 84 valence electrons. The lowest BCUT2D eigenvalue weighted by Gasteiger charge is -2.15. The van der Waals surface area contributed by atoms with E-state index >= 15 is 0 Å². The van der Waals surface area contributed by atoms with Gasteiger partial charge in [0.05, 0.1) is 6.61 Å². The summed E-state index contributed by atoms with van der Waals surface area (Å²) in [4.78, 5) is 2.40. The van der Waals surface area contributed by atoms with E-state index in [2.05, 4.69) is 25.7 Å². The van der Waals surface area contributed by atoms with E-state index in [1.165, 1.54) is 0 Å². The second-order valence-corrected chi connectivity index (χ2v) is 4.87. The predicted octanol–water partition coefficient (Wildman–Crippen LogP) is 0.938. The fraction of sp³-hybridized carbons (Fsp3) is 1.00. The highest BCUT2D eigenvalue weighted by molar-refractivity contribution is 4.83. The molecule has 1 saturated heterocycles. The Hall–Kier alpha value is -0.120. The number of nitrogens with two attached hydrogens (primary N) is 1. The molecule has 0 radical (unpaired) electrons. The van der Waals surface area contributed by atoms with E-state index in [1.54, 1.807) is 0 Å². The molecule has 1 fully saturated rings. The van der Waals surface area contributed by atoms with Gasteiger partial charge in [-0.1, -0.05) is 20.8 Å². The molecule has 2 unspecified atom stereocenters. The van der Waals surface area contributed by atoms with Crippen molar-refractivity contribution in [3.63, 3.8) is 0 Å². The summed E-state index contributed by atoms with van der Waals surface area (Å²) in [5, 5.41) is 0. The Morgan fingerprint density at radius 3 is 2.64 bits per heavy atom. The minimum Gasteiger partial charge on any atom is -0.380 e. The van der Waals surface area contributed by atoms with E-state index in [-0.39, 0.29) is 0 Å². The Morgan fingerprint density at radius 2 is 2.14 bits per heavy atom. The molecule has 0 aromatic rings. The number of likely N-dealkylation sites (tertiary alicyclic amines) is 1. The molecule has 1 rings (SSSR count). The highest BCUT2D eigenvalue weighted by Crippen LogP contribution is 2.13. The molecule has 0 aromatic heterocycles. The molecule has 0 spiro atoms. The molecule has 1 aliphatic rings. The largest absolute Gasteiger partial charge is 0.380 e. The third-order valence-corrected chi connectivity index (χ3v) is 2.75. The van der Waals surface area contributed by atoms with Crippen molar-refractivity contribution < 1.29 is 4.74 Å². The van der Waals surface area contributed by atoms with E-state index in [1.807, 2.05) is 0 Å². The first kappa shape index (κ1) is 12.0. The third kappa shape index (κ3) is 3.95. The summed E-state index contributed by atoms with van der Waals surface area (Å²) in [5.41, 5.74) is 5.94. The van der Waals surface area contributed by atoms with Crippen molar-refractivity contribution >= 4 is 0 Å². The molecular weight excluding hydrogens is 176 g/mol. The van der Waals surface area contributed by atoms with Crippen LogP contribution in [0, 0.1) is 11.8 Å². The molecule has 0 aromatic carbocycles. The highest BCUT2D eigenvalue weighted by Gasteiger charge is 2.25. The van der Waals surface area contributed by atoms with Crippen LogP contribution < -0.4 is 5.73 Å². The monoisotopic (exact) mass is 200 g/mol. The van der Waals surface area contributed by atoms with E-state index in [9.17, 15) is 0 Å². The third-order valence-electron chi connectivity index (χ3n) is 2.75. The minimum atomic E-state index is 0.361. The topological polar surface area (TPSA) is 38.5 Å². The van der Waals surface area contributed by atoms with Crippen LogP contribution in [0.3, 0.4) is 0 Å². The van der Waals surface area contributed by atoms with Crippen molar-refractivity contribution in [3.8, 4) is 0 Å². The maximum atomic E-state index is 5.94. The van der Waals surface area contributed by atoms with Gasteiger partial charge in [-0.25, -0.2) is 0 Å². The molecule has 3 nitrogen and oxygen atoms in total. The van der Waals surface area contributed by atoms with Crippen molar-refractivity contribution in [3.05, 3.63) is 0 Å². The van der Waals surface area contributed by atoms with E-state index in [0.717, 1.165) is 32.8 Å². The molecule has 0 bridgehead atoms. The fourth-order valence-electron chi connectivity index (χ4n) is 1.79. The second-order valence-electron chi connectivity index (χ2n) is 4.87. The average Bonchev–Trinajstić information content (AvgIpc) is 2.40. The van der Waals surface area contributed by atoms with Crippen molar-refractivity contribution in [1.29, 1.82) is 0 Å². The summed E-state index contributed by atoms with van der Waals surface area (Å²) in [6, 6.07) is 0.361. The van der Waals surface area contributed by atoms with Crippen LogP contribution in [0.2, 0.25) is 0 Å².